The summed E-state index contributed by atoms with van der Waals surface area (Å²) < 4.78 is 34.2. The Balaban J connectivity index is 1.60. The molecule has 0 saturated carbocycles. The first-order chi connectivity index (χ1) is 13.9. The number of para-hydroxylation sites is 2. The van der Waals surface area contributed by atoms with E-state index in [1.165, 1.54) is 15.2 Å². The highest BCUT2D eigenvalue weighted by molar-refractivity contribution is 7.85. The van der Waals surface area contributed by atoms with Crippen molar-refractivity contribution in [3.05, 3.63) is 71.4 Å². The molecule has 2 heterocycles. The molecule has 0 bridgehead atoms. The van der Waals surface area contributed by atoms with E-state index in [9.17, 15) is 8.42 Å². The zero-order chi connectivity index (χ0) is 20.4. The molecule has 0 fully saturated rings. The molecule has 1 aromatic heterocycles. The Hall–Kier alpha value is -2.48. The third-order valence-corrected chi connectivity index (χ3v) is 7.03. The van der Waals surface area contributed by atoms with Gasteiger partial charge in [-0.05, 0) is 36.6 Å². The first kappa shape index (κ1) is 19.8. The van der Waals surface area contributed by atoms with Crippen molar-refractivity contribution in [1.82, 2.24) is 0 Å². The molecule has 0 atom stereocenters. The molecule has 1 aliphatic heterocycles. The van der Waals surface area contributed by atoms with Gasteiger partial charge in [-0.15, -0.1) is 0 Å². The number of hydrogen-bond acceptors (Lipinski definition) is 4. The van der Waals surface area contributed by atoms with E-state index >= 15 is 0 Å². The van der Waals surface area contributed by atoms with Gasteiger partial charge in [0.15, 0.2) is 0 Å². The third-order valence-electron chi connectivity index (χ3n) is 5.06. The summed E-state index contributed by atoms with van der Waals surface area (Å²) in [6.07, 6.45) is 7.49. The molecular weight excluding hydrogens is 404 g/mol. The lowest BCUT2D eigenvalue weighted by Gasteiger charge is -2.27. The SMILES string of the molecule is C[n+]1c(/C=C2\C=CN(CCCCS(=O)(=O)O)c3ccccc32)sc2ccccc21. The van der Waals surface area contributed by atoms with Crippen LogP contribution in [0.2, 0.25) is 0 Å². The molecular formula is C22H23N2O3S2+. The molecule has 1 aliphatic rings. The minimum atomic E-state index is -3.89. The lowest BCUT2D eigenvalue weighted by atomic mass is 9.99. The Morgan fingerprint density at radius 3 is 2.66 bits per heavy atom. The Kier molecular flexibility index (Phi) is 5.54. The Bertz CT molecular complexity index is 1210. The number of allylic oxidation sites excluding steroid dienone is 2. The molecule has 5 nitrogen and oxygen atoms in total. The number of benzene rings is 2. The van der Waals surface area contributed by atoms with Gasteiger partial charge in [0.25, 0.3) is 15.1 Å². The van der Waals surface area contributed by atoms with E-state index in [0.29, 0.717) is 19.4 Å². The lowest BCUT2D eigenvalue weighted by molar-refractivity contribution is -0.642. The van der Waals surface area contributed by atoms with Crippen LogP contribution in [0, 0.1) is 0 Å². The van der Waals surface area contributed by atoms with E-state index in [2.05, 4.69) is 71.3 Å². The van der Waals surface area contributed by atoms with Gasteiger partial charge in [0, 0.05) is 36.1 Å². The zero-order valence-electron chi connectivity index (χ0n) is 16.2. The molecule has 3 aromatic rings. The smallest absolute Gasteiger partial charge is 0.264 e. The summed E-state index contributed by atoms with van der Waals surface area (Å²) in [4.78, 5) is 2.14. The Morgan fingerprint density at radius 1 is 1.10 bits per heavy atom. The summed E-state index contributed by atoms with van der Waals surface area (Å²) in [7, 11) is -1.80. The van der Waals surface area contributed by atoms with E-state index in [1.54, 1.807) is 11.3 Å². The molecule has 29 heavy (non-hydrogen) atoms. The maximum atomic E-state index is 10.9. The number of unbranched alkanes of at least 4 members (excludes halogenated alkanes) is 1. The van der Waals surface area contributed by atoms with Gasteiger partial charge in [0.05, 0.1) is 5.75 Å². The monoisotopic (exact) mass is 427 g/mol. The standard InChI is InChI=1S/C22H22N2O3S2/c1-23-20-10-4-5-11-21(20)28-22(23)16-17-12-14-24(13-6-7-15-29(25,26)27)19-9-3-2-8-18(17)19/h2-5,8-12,14,16H,6-7,13,15H2,1H3/p+1. The number of aromatic nitrogens is 1. The summed E-state index contributed by atoms with van der Waals surface area (Å²) in [5, 5.41) is 1.18. The average molecular weight is 428 g/mol. The van der Waals surface area contributed by atoms with E-state index in [4.69, 9.17) is 4.55 Å². The van der Waals surface area contributed by atoms with Gasteiger partial charge in [-0.3, -0.25) is 4.55 Å². The van der Waals surface area contributed by atoms with Crippen molar-refractivity contribution in [1.29, 1.82) is 0 Å². The minimum absolute atomic E-state index is 0.195. The summed E-state index contributed by atoms with van der Waals surface area (Å²) in [6, 6.07) is 16.6. The topological polar surface area (TPSA) is 61.5 Å². The molecule has 0 spiro atoms. The first-order valence-electron chi connectivity index (χ1n) is 9.51. The van der Waals surface area contributed by atoms with Crippen molar-refractivity contribution < 1.29 is 17.5 Å². The maximum absolute atomic E-state index is 10.9. The number of anilines is 1. The average Bonchev–Trinajstić information content (AvgIpc) is 3.01. The number of hydrogen-bond donors (Lipinski definition) is 1. The summed E-state index contributed by atoms with van der Waals surface area (Å²) in [5.74, 6) is -0.195. The van der Waals surface area contributed by atoms with Gasteiger partial charge in [0.1, 0.15) is 11.7 Å². The van der Waals surface area contributed by atoms with E-state index < -0.39 is 10.1 Å². The van der Waals surface area contributed by atoms with Crippen LogP contribution in [0.3, 0.4) is 0 Å². The normalized spacial score (nSPS) is 15.2. The van der Waals surface area contributed by atoms with Gasteiger partial charge >= 0.3 is 0 Å². The molecule has 2 aromatic carbocycles. The number of thiazole rings is 1. The molecule has 7 heteroatoms. The third kappa shape index (κ3) is 4.42. The fourth-order valence-electron chi connectivity index (χ4n) is 3.58. The van der Waals surface area contributed by atoms with E-state index in [-0.39, 0.29) is 5.75 Å². The quantitative estimate of drug-likeness (QED) is 0.363. The van der Waals surface area contributed by atoms with Crippen LogP contribution in [0.4, 0.5) is 5.69 Å². The molecule has 0 aliphatic carbocycles. The van der Waals surface area contributed by atoms with E-state index in [1.807, 2.05) is 12.1 Å². The second kappa shape index (κ2) is 8.10. The van der Waals surface area contributed by atoms with E-state index in [0.717, 1.165) is 16.8 Å². The molecule has 0 amide bonds. The fraction of sp³-hybridized carbons (Fsp3) is 0.227. The maximum Gasteiger partial charge on any atom is 0.264 e. The molecule has 0 unspecified atom stereocenters. The molecule has 0 saturated heterocycles. The van der Waals surface area contributed by atoms with Crippen LogP contribution < -0.4 is 9.47 Å². The second-order valence-electron chi connectivity index (χ2n) is 7.09. The molecule has 1 N–H and O–H groups in total. The summed E-state index contributed by atoms with van der Waals surface area (Å²) in [5.41, 5.74) is 4.63. The van der Waals surface area contributed by atoms with Crippen molar-refractivity contribution >= 4 is 49.0 Å². The fourth-order valence-corrected chi connectivity index (χ4v) is 5.25. The summed E-state index contributed by atoms with van der Waals surface area (Å²) in [6.45, 7) is 0.701. The zero-order valence-corrected chi connectivity index (χ0v) is 17.8. The highest BCUT2D eigenvalue weighted by Crippen LogP contribution is 2.34. The molecule has 150 valence electrons. The van der Waals surface area contributed by atoms with Gasteiger partial charge in [-0.25, -0.2) is 0 Å². The minimum Gasteiger partial charge on any atom is -0.347 e. The predicted molar refractivity (Wildman–Crippen MR) is 119 cm³/mol. The van der Waals surface area contributed by atoms with Crippen LogP contribution in [0.15, 0.2) is 60.8 Å². The number of aryl methyl sites for hydroxylation is 1. The molecule has 0 radical (unpaired) electrons. The van der Waals surface area contributed by atoms with Crippen molar-refractivity contribution in [3.8, 4) is 0 Å². The van der Waals surface area contributed by atoms with Crippen LogP contribution in [0.1, 0.15) is 23.4 Å². The summed E-state index contributed by atoms with van der Waals surface area (Å²) >= 11 is 1.77. The Labute approximate surface area is 175 Å². The van der Waals surface area contributed by atoms with Gasteiger partial charge in [-0.2, -0.15) is 13.0 Å². The van der Waals surface area contributed by atoms with Crippen LogP contribution in [0.5, 0.6) is 0 Å². The predicted octanol–water partition coefficient (Wildman–Crippen LogP) is 4.27. The van der Waals surface area contributed by atoms with Crippen molar-refractivity contribution in [2.45, 2.75) is 12.8 Å². The van der Waals surface area contributed by atoms with Crippen LogP contribution in [0.25, 0.3) is 21.9 Å². The van der Waals surface area contributed by atoms with Crippen LogP contribution >= 0.6 is 11.3 Å². The van der Waals surface area contributed by atoms with Crippen LogP contribution in [-0.2, 0) is 17.2 Å². The molecule has 4 rings (SSSR count). The number of rotatable bonds is 6. The van der Waals surface area contributed by atoms with Crippen molar-refractivity contribution in [3.63, 3.8) is 0 Å². The number of fused-ring (bicyclic) bond motifs is 2. The van der Waals surface area contributed by atoms with Gasteiger partial charge < -0.3 is 4.90 Å². The van der Waals surface area contributed by atoms with Gasteiger partial charge in [-0.1, -0.05) is 41.7 Å². The van der Waals surface area contributed by atoms with Crippen molar-refractivity contribution in [2.75, 3.05) is 17.2 Å². The van der Waals surface area contributed by atoms with Gasteiger partial charge in [0.2, 0.25) is 5.52 Å². The van der Waals surface area contributed by atoms with Crippen molar-refractivity contribution in [2.24, 2.45) is 7.05 Å². The Morgan fingerprint density at radius 2 is 1.86 bits per heavy atom. The number of nitrogens with zero attached hydrogens (tertiary/aromatic N) is 2. The highest BCUT2D eigenvalue weighted by atomic mass is 32.2. The highest BCUT2D eigenvalue weighted by Gasteiger charge is 2.19. The largest absolute Gasteiger partial charge is 0.347 e. The first-order valence-corrected chi connectivity index (χ1v) is 11.9. The lowest BCUT2D eigenvalue weighted by Crippen LogP contribution is -2.29. The second-order valence-corrected chi connectivity index (χ2v) is 9.72. The van der Waals surface area contributed by atoms with Crippen LogP contribution in [-0.4, -0.2) is 25.3 Å².